The zero-order chi connectivity index (χ0) is 12.0. The molecule has 0 spiro atoms. The quantitative estimate of drug-likeness (QED) is 0.798. The van der Waals surface area contributed by atoms with Crippen LogP contribution < -0.4 is 5.73 Å². The highest BCUT2D eigenvalue weighted by atomic mass is 35.5. The third-order valence-corrected chi connectivity index (χ3v) is 2.62. The molecule has 4 heteroatoms. The highest BCUT2D eigenvalue weighted by molar-refractivity contribution is 6.31. The van der Waals surface area contributed by atoms with Gasteiger partial charge in [0.25, 0.3) is 0 Å². The molecule has 0 bridgehead atoms. The van der Waals surface area contributed by atoms with Crippen LogP contribution in [0, 0.1) is 11.3 Å². The summed E-state index contributed by atoms with van der Waals surface area (Å²) in [5.74, 6) is -0.270. The Kier molecular flexibility index (Phi) is 4.81. The molecule has 0 radical (unpaired) electrons. The zero-order valence-electron chi connectivity index (χ0n) is 8.87. The number of nitrogens with two attached hydrogens (primary N) is 1. The third-order valence-electron chi connectivity index (χ3n) is 2.29. The van der Waals surface area contributed by atoms with E-state index in [1.165, 1.54) is 0 Å². The van der Waals surface area contributed by atoms with Crippen molar-refractivity contribution in [2.45, 2.75) is 25.7 Å². The fraction of sp³-hybridized carbons (Fsp3) is 0.333. The Morgan fingerprint density at radius 1 is 1.44 bits per heavy atom. The van der Waals surface area contributed by atoms with Crippen molar-refractivity contribution < 1.29 is 4.79 Å². The minimum atomic E-state index is -0.270. The number of hydrogen-bond donors (Lipinski definition) is 1. The first-order valence-corrected chi connectivity index (χ1v) is 5.48. The number of halogens is 1. The van der Waals surface area contributed by atoms with Crippen LogP contribution in [0.25, 0.3) is 0 Å². The molecule has 1 aromatic rings. The van der Waals surface area contributed by atoms with E-state index >= 15 is 0 Å². The topological polar surface area (TPSA) is 66.9 Å². The van der Waals surface area contributed by atoms with Crippen molar-refractivity contribution in [3.8, 4) is 6.07 Å². The van der Waals surface area contributed by atoms with Crippen molar-refractivity contribution in [3.63, 3.8) is 0 Å². The van der Waals surface area contributed by atoms with Crippen molar-refractivity contribution >= 4 is 17.5 Å². The molecule has 1 aromatic carbocycles. The highest BCUT2D eigenvalue weighted by Crippen LogP contribution is 2.17. The maximum atomic E-state index is 10.5. The van der Waals surface area contributed by atoms with Gasteiger partial charge in [-0.25, -0.2) is 0 Å². The highest BCUT2D eigenvalue weighted by Gasteiger charge is 2.01. The first-order valence-electron chi connectivity index (χ1n) is 5.10. The van der Waals surface area contributed by atoms with Crippen LogP contribution in [0.2, 0.25) is 5.02 Å². The summed E-state index contributed by atoms with van der Waals surface area (Å²) in [4.78, 5) is 10.5. The molecule has 0 fully saturated rings. The molecule has 2 N–H and O–H groups in total. The van der Waals surface area contributed by atoms with Crippen LogP contribution in [-0.2, 0) is 11.2 Å². The first kappa shape index (κ1) is 12.5. The van der Waals surface area contributed by atoms with Crippen LogP contribution in [0.4, 0.5) is 0 Å². The van der Waals surface area contributed by atoms with Crippen LogP contribution in [0.1, 0.15) is 30.4 Å². The van der Waals surface area contributed by atoms with Crippen LogP contribution in [0.3, 0.4) is 0 Å². The van der Waals surface area contributed by atoms with Crippen molar-refractivity contribution in [1.82, 2.24) is 0 Å². The molecule has 0 unspecified atom stereocenters. The number of primary amides is 1. The number of aryl methyl sites for hydroxylation is 1. The second kappa shape index (κ2) is 6.14. The summed E-state index contributed by atoms with van der Waals surface area (Å²) < 4.78 is 0. The number of benzene rings is 1. The van der Waals surface area contributed by atoms with E-state index in [0.717, 1.165) is 24.8 Å². The molecule has 0 saturated heterocycles. The van der Waals surface area contributed by atoms with Crippen LogP contribution in [-0.4, -0.2) is 5.91 Å². The molecule has 0 aliphatic rings. The molecule has 16 heavy (non-hydrogen) atoms. The molecular formula is C12H13ClN2O. The van der Waals surface area contributed by atoms with Gasteiger partial charge in [-0.05, 0) is 37.0 Å². The second-order valence-electron chi connectivity index (χ2n) is 3.60. The van der Waals surface area contributed by atoms with Gasteiger partial charge in [-0.15, -0.1) is 0 Å². The number of nitrogens with zero attached hydrogens (tertiary/aromatic N) is 1. The van der Waals surface area contributed by atoms with Crippen LogP contribution in [0.5, 0.6) is 0 Å². The summed E-state index contributed by atoms with van der Waals surface area (Å²) in [6.07, 6.45) is 2.91. The number of hydrogen-bond acceptors (Lipinski definition) is 2. The number of nitriles is 1. The lowest BCUT2D eigenvalue weighted by Gasteiger charge is -2.02. The standard InChI is InChI=1S/C12H13ClN2O/c13-11-6-5-9(7-10(11)8-14)3-1-2-4-12(15)16/h5-7H,1-4H2,(H2,15,16). The predicted octanol–water partition coefficient (Wildman–Crippen LogP) is 2.41. The van der Waals surface area contributed by atoms with Crippen molar-refractivity contribution in [2.24, 2.45) is 5.73 Å². The van der Waals surface area contributed by atoms with Gasteiger partial charge < -0.3 is 5.73 Å². The van der Waals surface area contributed by atoms with Gasteiger partial charge in [-0.1, -0.05) is 17.7 Å². The predicted molar refractivity (Wildman–Crippen MR) is 62.9 cm³/mol. The van der Waals surface area contributed by atoms with Gasteiger partial charge in [-0.2, -0.15) is 5.26 Å². The Balaban J connectivity index is 2.49. The largest absolute Gasteiger partial charge is 0.370 e. The van der Waals surface area contributed by atoms with Crippen molar-refractivity contribution in [1.29, 1.82) is 5.26 Å². The maximum Gasteiger partial charge on any atom is 0.217 e. The van der Waals surface area contributed by atoms with Crippen LogP contribution in [0.15, 0.2) is 18.2 Å². The van der Waals surface area contributed by atoms with E-state index < -0.39 is 0 Å². The number of unbranched alkanes of at least 4 members (excludes halogenated alkanes) is 1. The summed E-state index contributed by atoms with van der Waals surface area (Å²) in [5.41, 5.74) is 6.59. The SMILES string of the molecule is N#Cc1cc(CCCCC(N)=O)ccc1Cl. The zero-order valence-corrected chi connectivity index (χ0v) is 9.63. The van der Waals surface area contributed by atoms with Gasteiger partial charge in [0.05, 0.1) is 10.6 Å². The molecule has 1 rings (SSSR count). The maximum absolute atomic E-state index is 10.5. The van der Waals surface area contributed by atoms with E-state index in [-0.39, 0.29) is 5.91 Å². The normalized spacial score (nSPS) is 9.75. The number of rotatable bonds is 5. The lowest BCUT2D eigenvalue weighted by atomic mass is 10.0. The van der Waals surface area contributed by atoms with Crippen molar-refractivity contribution in [3.05, 3.63) is 34.3 Å². The monoisotopic (exact) mass is 236 g/mol. The number of amides is 1. The first-order chi connectivity index (χ1) is 7.63. The molecule has 0 heterocycles. The molecule has 0 saturated carbocycles. The van der Waals surface area contributed by atoms with E-state index in [4.69, 9.17) is 22.6 Å². The van der Waals surface area contributed by atoms with E-state index in [2.05, 4.69) is 0 Å². The molecule has 0 atom stereocenters. The van der Waals surface area contributed by atoms with Gasteiger partial charge >= 0.3 is 0 Å². The Morgan fingerprint density at radius 3 is 2.81 bits per heavy atom. The summed E-state index contributed by atoms with van der Waals surface area (Å²) in [6.45, 7) is 0. The Bertz CT molecular complexity index is 424. The molecular weight excluding hydrogens is 224 g/mol. The lowest BCUT2D eigenvalue weighted by molar-refractivity contribution is -0.118. The van der Waals surface area contributed by atoms with Gasteiger partial charge in [0.2, 0.25) is 5.91 Å². The average Bonchev–Trinajstić information content (AvgIpc) is 2.26. The smallest absolute Gasteiger partial charge is 0.217 e. The molecule has 84 valence electrons. The Labute approximate surface area is 99.8 Å². The Hall–Kier alpha value is -1.53. The van der Waals surface area contributed by atoms with Crippen LogP contribution >= 0.6 is 11.6 Å². The van der Waals surface area contributed by atoms with Crippen molar-refractivity contribution in [2.75, 3.05) is 0 Å². The van der Waals surface area contributed by atoms with Gasteiger partial charge in [0.15, 0.2) is 0 Å². The third kappa shape index (κ3) is 3.92. The fourth-order valence-corrected chi connectivity index (χ4v) is 1.60. The van der Waals surface area contributed by atoms with Gasteiger partial charge in [0, 0.05) is 6.42 Å². The lowest BCUT2D eigenvalue weighted by Crippen LogP contribution is -2.09. The summed E-state index contributed by atoms with van der Waals surface area (Å²) >= 11 is 5.82. The molecule has 0 aliphatic carbocycles. The van der Waals surface area contributed by atoms with E-state index in [0.29, 0.717) is 17.0 Å². The molecule has 0 aliphatic heterocycles. The minimum Gasteiger partial charge on any atom is -0.370 e. The number of carbonyl (C=O) groups is 1. The summed E-state index contributed by atoms with van der Waals surface area (Å²) in [7, 11) is 0. The molecule has 3 nitrogen and oxygen atoms in total. The Morgan fingerprint density at radius 2 is 2.19 bits per heavy atom. The average molecular weight is 237 g/mol. The molecule has 1 amide bonds. The number of carbonyl (C=O) groups excluding carboxylic acids is 1. The van der Waals surface area contributed by atoms with E-state index in [1.54, 1.807) is 12.1 Å². The van der Waals surface area contributed by atoms with E-state index in [9.17, 15) is 4.79 Å². The fourth-order valence-electron chi connectivity index (χ4n) is 1.44. The van der Waals surface area contributed by atoms with Gasteiger partial charge in [-0.3, -0.25) is 4.79 Å². The minimum absolute atomic E-state index is 0.270. The van der Waals surface area contributed by atoms with Gasteiger partial charge in [0.1, 0.15) is 6.07 Å². The summed E-state index contributed by atoms with van der Waals surface area (Å²) in [5, 5.41) is 9.27. The second-order valence-corrected chi connectivity index (χ2v) is 4.01. The summed E-state index contributed by atoms with van der Waals surface area (Å²) in [6, 6.07) is 7.44. The van der Waals surface area contributed by atoms with E-state index in [1.807, 2.05) is 12.1 Å². The molecule has 0 aromatic heterocycles.